The van der Waals surface area contributed by atoms with Crippen LogP contribution >= 0.6 is 0 Å². The van der Waals surface area contributed by atoms with Crippen molar-refractivity contribution in [1.29, 1.82) is 0 Å². The first-order valence-corrected chi connectivity index (χ1v) is 1.95. The van der Waals surface area contributed by atoms with Crippen molar-refractivity contribution in [2.24, 2.45) is 4.99 Å². The molecule has 34 valence electrons. The van der Waals surface area contributed by atoms with Crippen molar-refractivity contribution >= 4 is 6.21 Å². The topological polar surface area (TPSA) is 12.4 Å². The van der Waals surface area contributed by atoms with Crippen LogP contribution in [0.25, 0.3) is 0 Å². The Labute approximate surface area is 38.4 Å². The lowest BCUT2D eigenvalue weighted by Crippen LogP contribution is -1.56. The lowest BCUT2D eigenvalue weighted by atomic mass is 10.6. The minimum absolute atomic E-state index is 1.75. The summed E-state index contributed by atoms with van der Waals surface area (Å²) in [6.07, 6.45) is 5.58. The van der Waals surface area contributed by atoms with Gasteiger partial charge in [-0.15, -0.1) is 0 Å². The summed E-state index contributed by atoms with van der Waals surface area (Å²) in [5, 5.41) is 0. The van der Waals surface area contributed by atoms with Gasteiger partial charge in [-0.2, -0.15) is 0 Å². The highest BCUT2D eigenvalue weighted by atomic mass is 14.6. The third kappa shape index (κ3) is 3.41. The van der Waals surface area contributed by atoms with Crippen LogP contribution < -0.4 is 0 Å². The minimum Gasteiger partial charge on any atom is -0.297 e. The van der Waals surface area contributed by atoms with Crippen molar-refractivity contribution in [2.75, 3.05) is 7.05 Å². The molecule has 0 aliphatic heterocycles. The first-order chi connectivity index (χ1) is 2.91. The fraction of sp³-hybridized carbons (Fsp3) is 0.400. The van der Waals surface area contributed by atoms with E-state index >= 15 is 0 Å². The normalized spacial score (nSPS) is 11.7. The van der Waals surface area contributed by atoms with Gasteiger partial charge in [0.15, 0.2) is 0 Å². The SMILES string of the molecule is C/C=C/C=NC. The van der Waals surface area contributed by atoms with Gasteiger partial charge in [0.2, 0.25) is 0 Å². The second-order valence-corrected chi connectivity index (χ2v) is 0.933. The van der Waals surface area contributed by atoms with E-state index in [0.717, 1.165) is 0 Å². The molecule has 0 saturated carbocycles. The molecular formula is C5H9N. The van der Waals surface area contributed by atoms with E-state index in [2.05, 4.69) is 4.99 Å². The molecular weight excluding hydrogens is 74.1 g/mol. The van der Waals surface area contributed by atoms with Crippen LogP contribution in [0.2, 0.25) is 0 Å². The standard InChI is InChI=1S/C5H9N/c1-3-4-5-6-2/h3-5H,1-2H3/b4-3+,6-5?. The van der Waals surface area contributed by atoms with Crippen LogP contribution in [0.15, 0.2) is 17.1 Å². The van der Waals surface area contributed by atoms with Crippen molar-refractivity contribution in [2.45, 2.75) is 6.92 Å². The Hall–Kier alpha value is -0.590. The Bertz CT molecular complexity index is 52.3. The molecule has 6 heavy (non-hydrogen) atoms. The van der Waals surface area contributed by atoms with Gasteiger partial charge in [0, 0.05) is 13.3 Å². The van der Waals surface area contributed by atoms with E-state index in [1.807, 2.05) is 19.1 Å². The van der Waals surface area contributed by atoms with Crippen molar-refractivity contribution in [3.63, 3.8) is 0 Å². The van der Waals surface area contributed by atoms with Crippen molar-refractivity contribution in [1.82, 2.24) is 0 Å². The molecule has 1 nitrogen and oxygen atoms in total. The summed E-state index contributed by atoms with van der Waals surface area (Å²) in [7, 11) is 1.75. The summed E-state index contributed by atoms with van der Waals surface area (Å²) >= 11 is 0. The zero-order valence-corrected chi connectivity index (χ0v) is 4.18. The fourth-order valence-electron chi connectivity index (χ4n) is 0.172. The molecule has 0 aromatic heterocycles. The molecule has 0 atom stereocenters. The fourth-order valence-corrected chi connectivity index (χ4v) is 0.172. The van der Waals surface area contributed by atoms with E-state index in [1.54, 1.807) is 13.3 Å². The van der Waals surface area contributed by atoms with Crippen LogP contribution in [0, 0.1) is 0 Å². The molecule has 0 bridgehead atoms. The minimum atomic E-state index is 1.75. The molecule has 0 saturated heterocycles. The summed E-state index contributed by atoms with van der Waals surface area (Å²) in [6, 6.07) is 0. The number of hydrogen-bond donors (Lipinski definition) is 0. The van der Waals surface area contributed by atoms with Gasteiger partial charge in [0.1, 0.15) is 0 Å². The van der Waals surface area contributed by atoms with Crippen LogP contribution in [-0.4, -0.2) is 13.3 Å². The van der Waals surface area contributed by atoms with Crippen molar-refractivity contribution < 1.29 is 0 Å². The second-order valence-electron chi connectivity index (χ2n) is 0.933. The van der Waals surface area contributed by atoms with Crippen molar-refractivity contribution in [3.8, 4) is 0 Å². The highest BCUT2D eigenvalue weighted by Crippen LogP contribution is 1.60. The molecule has 0 aliphatic rings. The molecule has 0 spiro atoms. The highest BCUT2D eigenvalue weighted by molar-refractivity contribution is 5.70. The van der Waals surface area contributed by atoms with Crippen LogP contribution in [0.5, 0.6) is 0 Å². The molecule has 1 heteroatoms. The van der Waals surface area contributed by atoms with Crippen LogP contribution in [-0.2, 0) is 0 Å². The first-order valence-electron chi connectivity index (χ1n) is 1.95. The maximum atomic E-state index is 3.71. The Morgan fingerprint density at radius 1 is 1.50 bits per heavy atom. The molecule has 0 rings (SSSR count). The lowest BCUT2D eigenvalue weighted by molar-refractivity contribution is 1.47. The zero-order chi connectivity index (χ0) is 4.83. The molecule has 0 heterocycles. The summed E-state index contributed by atoms with van der Waals surface area (Å²) in [5.74, 6) is 0. The Morgan fingerprint density at radius 2 is 2.17 bits per heavy atom. The van der Waals surface area contributed by atoms with Gasteiger partial charge in [-0.25, -0.2) is 0 Å². The molecule has 0 N–H and O–H groups in total. The summed E-state index contributed by atoms with van der Waals surface area (Å²) in [4.78, 5) is 3.71. The largest absolute Gasteiger partial charge is 0.297 e. The van der Waals surface area contributed by atoms with Gasteiger partial charge in [-0.1, -0.05) is 6.08 Å². The van der Waals surface area contributed by atoms with E-state index in [4.69, 9.17) is 0 Å². The smallest absolute Gasteiger partial charge is 0.0277 e. The lowest BCUT2D eigenvalue weighted by Gasteiger charge is -1.63. The monoisotopic (exact) mass is 83.1 g/mol. The predicted octanol–water partition coefficient (Wildman–Crippen LogP) is 1.26. The average molecular weight is 83.1 g/mol. The van der Waals surface area contributed by atoms with Crippen molar-refractivity contribution in [3.05, 3.63) is 12.2 Å². The van der Waals surface area contributed by atoms with Gasteiger partial charge >= 0.3 is 0 Å². The molecule has 0 radical (unpaired) electrons. The summed E-state index contributed by atoms with van der Waals surface area (Å²) < 4.78 is 0. The van der Waals surface area contributed by atoms with E-state index in [9.17, 15) is 0 Å². The zero-order valence-electron chi connectivity index (χ0n) is 4.18. The highest BCUT2D eigenvalue weighted by Gasteiger charge is 1.49. The molecule has 0 aromatic rings. The number of aliphatic imine (C=N–C) groups is 1. The second kappa shape index (κ2) is 4.41. The third-order valence-electron chi connectivity index (χ3n) is 0.428. The van der Waals surface area contributed by atoms with Crippen LogP contribution in [0.1, 0.15) is 6.92 Å². The average Bonchev–Trinajstić information content (AvgIpc) is 1.61. The summed E-state index contributed by atoms with van der Waals surface area (Å²) in [5.41, 5.74) is 0. The van der Waals surface area contributed by atoms with Gasteiger partial charge in [0.05, 0.1) is 0 Å². The predicted molar refractivity (Wildman–Crippen MR) is 29.2 cm³/mol. The molecule has 0 fully saturated rings. The van der Waals surface area contributed by atoms with Crippen LogP contribution in [0.3, 0.4) is 0 Å². The van der Waals surface area contributed by atoms with E-state index < -0.39 is 0 Å². The first kappa shape index (κ1) is 5.41. The molecule has 0 aromatic carbocycles. The maximum Gasteiger partial charge on any atom is 0.0277 e. The Morgan fingerprint density at radius 3 is 2.33 bits per heavy atom. The maximum absolute atomic E-state index is 3.71. The van der Waals surface area contributed by atoms with Gasteiger partial charge in [-0.3, -0.25) is 4.99 Å². The van der Waals surface area contributed by atoms with E-state index in [0.29, 0.717) is 0 Å². The third-order valence-corrected chi connectivity index (χ3v) is 0.428. The van der Waals surface area contributed by atoms with Gasteiger partial charge in [0.25, 0.3) is 0 Å². The van der Waals surface area contributed by atoms with Gasteiger partial charge in [-0.05, 0) is 13.0 Å². The number of rotatable bonds is 1. The van der Waals surface area contributed by atoms with E-state index in [1.165, 1.54) is 0 Å². The molecule has 0 amide bonds. The van der Waals surface area contributed by atoms with Gasteiger partial charge < -0.3 is 0 Å². The number of nitrogens with zero attached hydrogens (tertiary/aromatic N) is 1. The molecule has 0 aliphatic carbocycles. The number of hydrogen-bond acceptors (Lipinski definition) is 1. The quantitative estimate of drug-likeness (QED) is 0.423. The summed E-state index contributed by atoms with van der Waals surface area (Å²) in [6.45, 7) is 1.96. The number of allylic oxidation sites excluding steroid dienone is 2. The van der Waals surface area contributed by atoms with Crippen LogP contribution in [0.4, 0.5) is 0 Å². The Balaban J connectivity index is 3.07. The molecule has 0 unspecified atom stereocenters. The Kier molecular flexibility index (Phi) is 3.98. The van der Waals surface area contributed by atoms with E-state index in [-0.39, 0.29) is 0 Å².